The molecule has 0 saturated carbocycles. The lowest BCUT2D eigenvalue weighted by atomic mass is 10.1. The molecule has 45 heavy (non-hydrogen) atoms. The number of aromatic carboxylic acids is 1. The number of carbonyl (C=O) groups is 1. The molecule has 0 aliphatic rings. The summed E-state index contributed by atoms with van der Waals surface area (Å²) in [6.45, 7) is 0.580. The first kappa shape index (κ1) is 36.3. The molecule has 0 amide bonds. The molecular weight excluding hydrogens is 643 g/mol. The molecule has 0 unspecified atom stereocenters. The first-order valence-corrected chi connectivity index (χ1v) is 18.3. The van der Waals surface area contributed by atoms with Crippen LogP contribution < -0.4 is 37.6 Å². The van der Waals surface area contributed by atoms with Crippen molar-refractivity contribution in [2.75, 3.05) is 12.8 Å². The Labute approximate surface area is 281 Å². The predicted octanol–water partition coefficient (Wildman–Crippen LogP) is 6.15. The molecule has 0 spiro atoms. The van der Waals surface area contributed by atoms with Gasteiger partial charge in [0, 0.05) is 6.07 Å². The van der Waals surface area contributed by atoms with Crippen molar-refractivity contribution in [2.45, 2.75) is 77.0 Å². The summed E-state index contributed by atoms with van der Waals surface area (Å²) >= 11 is 0. The van der Waals surface area contributed by atoms with Crippen LogP contribution in [0.3, 0.4) is 0 Å². The Hall–Kier alpha value is -3.14. The molecule has 0 saturated heterocycles. The molecule has 0 bridgehead atoms. The number of hydrogen-bond donors (Lipinski definition) is 2. The lowest BCUT2D eigenvalue weighted by Crippen LogP contribution is -3.00. The van der Waals surface area contributed by atoms with E-state index < -0.39 is 13.2 Å². The zero-order valence-electron chi connectivity index (χ0n) is 26.3. The van der Waals surface area contributed by atoms with E-state index in [0.717, 1.165) is 12.8 Å². The van der Waals surface area contributed by atoms with E-state index in [1.165, 1.54) is 98.4 Å². The second kappa shape index (κ2) is 20.1. The van der Waals surface area contributed by atoms with Gasteiger partial charge in [0.25, 0.3) is 0 Å². The fourth-order valence-corrected chi connectivity index (χ4v) is 10.5. The van der Waals surface area contributed by atoms with E-state index in [4.69, 9.17) is 9.84 Å². The summed E-state index contributed by atoms with van der Waals surface area (Å²) in [5.41, 5.74) is -0.105. The zero-order chi connectivity index (χ0) is 30.9. The monoisotopic (exact) mass is 690 g/mol. The summed E-state index contributed by atoms with van der Waals surface area (Å²) < 4.78 is 5.66. The number of phenols is 1. The summed E-state index contributed by atoms with van der Waals surface area (Å²) in [6.07, 6.45) is 16.2. The molecule has 0 aromatic heterocycles. The van der Waals surface area contributed by atoms with Gasteiger partial charge in [0.05, 0.1) is 12.8 Å². The Morgan fingerprint density at radius 1 is 0.556 bits per heavy atom. The minimum absolute atomic E-state index is 0. The highest BCUT2D eigenvalue weighted by molar-refractivity contribution is 7.95. The molecule has 2 N–H and O–H groups in total. The van der Waals surface area contributed by atoms with Crippen LogP contribution in [0.15, 0.2) is 109 Å². The van der Waals surface area contributed by atoms with Crippen molar-refractivity contribution in [2.24, 2.45) is 0 Å². The lowest BCUT2D eigenvalue weighted by molar-refractivity contribution is -0.0000266. The third-order valence-corrected chi connectivity index (χ3v) is 13.0. The minimum atomic E-state index is -1.70. The quantitative estimate of drug-likeness (QED) is 0.0863. The van der Waals surface area contributed by atoms with Gasteiger partial charge in [-0.15, -0.1) is 0 Å². The van der Waals surface area contributed by atoms with Gasteiger partial charge in [0.15, 0.2) is 0 Å². The molecule has 240 valence electrons. The van der Waals surface area contributed by atoms with Crippen molar-refractivity contribution in [3.63, 3.8) is 0 Å². The summed E-state index contributed by atoms with van der Waals surface area (Å²) in [4.78, 5) is 11.0. The van der Waals surface area contributed by atoms with Gasteiger partial charge in [-0.3, -0.25) is 0 Å². The number of benzene rings is 4. The number of unbranched alkanes of at least 4 members (excludes halogenated alkanes) is 11. The Morgan fingerprint density at radius 3 is 1.36 bits per heavy atom. The van der Waals surface area contributed by atoms with Crippen molar-refractivity contribution >= 4 is 29.1 Å². The topological polar surface area (TPSA) is 66.8 Å². The third-order valence-electron chi connectivity index (χ3n) is 8.45. The summed E-state index contributed by atoms with van der Waals surface area (Å²) in [5, 5.41) is 23.2. The summed E-state index contributed by atoms with van der Waals surface area (Å²) in [6, 6.07) is 38.0. The number of aromatic hydroxyl groups is 1. The molecule has 0 radical (unpaired) electrons. The number of carboxylic acids is 1. The SMILES string of the molecule is O=C(O)c1ccc(OCCCCCCCCCCCCCC[P+](c2ccccc2)(c2ccccc2)c2ccccc2)cc1O.[Br-]. The van der Waals surface area contributed by atoms with E-state index in [9.17, 15) is 9.90 Å². The standard InChI is InChI=1S/C39H47O4P.BrH/c40-38-32-33(28-29-37(38)39(41)42)43-30-20-9-7-5-3-1-2-4-6-8-10-21-31-44(34-22-14-11-15-23-34,35-24-16-12-17-25-35)36-26-18-13-19-27-36;/h11-19,22-29,32H,1-10,20-21,30-31H2,(H-,40,41,42);1H. The molecule has 6 heteroatoms. The van der Waals surface area contributed by atoms with Gasteiger partial charge in [-0.05, 0) is 67.8 Å². The number of halogens is 1. The first-order valence-electron chi connectivity index (χ1n) is 16.4. The fraction of sp³-hybridized carbons (Fsp3) is 0.359. The van der Waals surface area contributed by atoms with E-state index in [1.54, 1.807) is 6.07 Å². The number of hydrogen-bond acceptors (Lipinski definition) is 3. The van der Waals surface area contributed by atoms with Gasteiger partial charge in [-0.2, -0.15) is 0 Å². The molecule has 0 atom stereocenters. The predicted molar refractivity (Wildman–Crippen MR) is 186 cm³/mol. The van der Waals surface area contributed by atoms with E-state index in [0.29, 0.717) is 12.4 Å². The lowest BCUT2D eigenvalue weighted by Gasteiger charge is -2.27. The summed E-state index contributed by atoms with van der Waals surface area (Å²) in [5.74, 6) is -0.886. The summed E-state index contributed by atoms with van der Waals surface area (Å²) in [7, 11) is -1.70. The maximum absolute atomic E-state index is 11.0. The molecular formula is C39H48BrO4P. The molecule has 4 nitrogen and oxygen atoms in total. The Morgan fingerprint density at radius 2 is 0.956 bits per heavy atom. The van der Waals surface area contributed by atoms with Crippen LogP contribution in [0.4, 0.5) is 0 Å². The maximum atomic E-state index is 11.0. The average molecular weight is 692 g/mol. The van der Waals surface area contributed by atoms with Gasteiger partial charge < -0.3 is 31.9 Å². The van der Waals surface area contributed by atoms with Crippen molar-refractivity contribution in [1.82, 2.24) is 0 Å². The van der Waals surface area contributed by atoms with E-state index in [2.05, 4.69) is 91.0 Å². The second-order valence-electron chi connectivity index (χ2n) is 11.6. The van der Waals surface area contributed by atoms with Gasteiger partial charge in [-0.25, -0.2) is 4.79 Å². The number of ether oxygens (including phenoxy) is 1. The third kappa shape index (κ3) is 11.0. The van der Waals surface area contributed by atoms with E-state index >= 15 is 0 Å². The van der Waals surface area contributed by atoms with Crippen LogP contribution in [0.5, 0.6) is 11.5 Å². The van der Waals surface area contributed by atoms with Gasteiger partial charge in [0.1, 0.15) is 40.2 Å². The highest BCUT2D eigenvalue weighted by Gasteiger charge is 2.44. The molecule has 0 fully saturated rings. The van der Waals surface area contributed by atoms with Crippen LogP contribution in [0.25, 0.3) is 0 Å². The minimum Gasteiger partial charge on any atom is -1.00 e. The van der Waals surface area contributed by atoms with Gasteiger partial charge in [-0.1, -0.05) is 112 Å². The largest absolute Gasteiger partial charge is 1.00 e. The highest BCUT2D eigenvalue weighted by Crippen LogP contribution is 2.56. The molecule has 0 heterocycles. The van der Waals surface area contributed by atoms with Crippen LogP contribution in [0, 0.1) is 0 Å². The molecule has 0 aliphatic heterocycles. The number of carboxylic acid groups (broad SMARTS) is 1. The Balaban J connectivity index is 0.00000552. The normalized spacial score (nSPS) is 11.1. The van der Waals surface area contributed by atoms with Crippen LogP contribution in [-0.2, 0) is 0 Å². The maximum Gasteiger partial charge on any atom is 0.339 e. The van der Waals surface area contributed by atoms with Crippen molar-refractivity contribution in [3.8, 4) is 11.5 Å². The molecule has 0 aliphatic carbocycles. The van der Waals surface area contributed by atoms with Crippen molar-refractivity contribution in [1.29, 1.82) is 0 Å². The van der Waals surface area contributed by atoms with Crippen LogP contribution in [0.2, 0.25) is 0 Å². The fourth-order valence-electron chi connectivity index (χ4n) is 6.07. The Kier molecular flexibility index (Phi) is 16.2. The molecule has 4 aromatic carbocycles. The first-order chi connectivity index (χ1) is 21.6. The van der Waals surface area contributed by atoms with Crippen LogP contribution in [0.1, 0.15) is 87.4 Å². The van der Waals surface area contributed by atoms with Crippen molar-refractivity contribution < 1.29 is 36.7 Å². The molecule has 4 rings (SSSR count). The highest BCUT2D eigenvalue weighted by atomic mass is 79.9. The van der Waals surface area contributed by atoms with Gasteiger partial charge >= 0.3 is 5.97 Å². The van der Waals surface area contributed by atoms with Crippen molar-refractivity contribution in [3.05, 3.63) is 115 Å². The van der Waals surface area contributed by atoms with E-state index in [1.807, 2.05) is 0 Å². The zero-order valence-corrected chi connectivity index (χ0v) is 28.8. The Bertz CT molecular complexity index is 1290. The van der Waals surface area contributed by atoms with E-state index in [-0.39, 0.29) is 28.3 Å². The second-order valence-corrected chi connectivity index (χ2v) is 15.2. The van der Waals surface area contributed by atoms with Gasteiger partial charge in [0.2, 0.25) is 0 Å². The average Bonchev–Trinajstić information content (AvgIpc) is 3.06. The smallest absolute Gasteiger partial charge is 0.339 e. The number of rotatable bonds is 20. The molecule has 4 aromatic rings. The van der Waals surface area contributed by atoms with Crippen LogP contribution in [-0.4, -0.2) is 29.0 Å². The van der Waals surface area contributed by atoms with Crippen LogP contribution >= 0.6 is 7.26 Å².